The summed E-state index contributed by atoms with van der Waals surface area (Å²) < 4.78 is 19.0. The van der Waals surface area contributed by atoms with E-state index in [1.807, 2.05) is 0 Å². The van der Waals surface area contributed by atoms with Crippen molar-refractivity contribution in [2.24, 2.45) is 0 Å². The lowest BCUT2D eigenvalue weighted by Gasteiger charge is -2.09. The summed E-state index contributed by atoms with van der Waals surface area (Å²) >= 11 is 3.26. The lowest BCUT2D eigenvalue weighted by atomic mass is 10.2. The Hall–Kier alpha value is -1.55. The zero-order valence-electron chi connectivity index (χ0n) is 8.86. The van der Waals surface area contributed by atoms with Crippen LogP contribution in [0.3, 0.4) is 0 Å². The summed E-state index contributed by atoms with van der Waals surface area (Å²) in [4.78, 5) is 0. The minimum absolute atomic E-state index is 0.0886. The zero-order valence-corrected chi connectivity index (χ0v) is 10.4. The third-order valence-corrected chi connectivity index (χ3v) is 3.00. The van der Waals surface area contributed by atoms with E-state index in [4.69, 9.17) is 4.74 Å². The Morgan fingerprint density at radius 1 is 1.18 bits per heavy atom. The molecule has 0 bridgehead atoms. The van der Waals surface area contributed by atoms with Crippen LogP contribution in [0.1, 0.15) is 5.56 Å². The highest BCUT2D eigenvalue weighted by molar-refractivity contribution is 9.10. The quantitative estimate of drug-likeness (QED) is 0.931. The molecule has 2 aromatic rings. The minimum Gasteiger partial charge on any atom is -0.504 e. The van der Waals surface area contributed by atoms with Crippen LogP contribution < -0.4 is 4.74 Å². The Labute approximate surface area is 107 Å². The molecule has 0 saturated heterocycles. The molecule has 0 saturated carbocycles. The Bertz CT molecular complexity index is 529. The highest BCUT2D eigenvalue weighted by Gasteiger charge is 2.04. The largest absolute Gasteiger partial charge is 0.504 e. The molecular formula is C13H10BrFO2. The van der Waals surface area contributed by atoms with Crippen LogP contribution in [-0.2, 0) is 6.61 Å². The smallest absolute Gasteiger partial charge is 0.161 e. The number of halogens is 2. The number of para-hydroxylation sites is 2. The Morgan fingerprint density at radius 2 is 1.94 bits per heavy atom. The van der Waals surface area contributed by atoms with Crippen LogP contribution >= 0.6 is 15.9 Å². The molecular weight excluding hydrogens is 287 g/mol. The Morgan fingerprint density at radius 3 is 2.65 bits per heavy atom. The van der Waals surface area contributed by atoms with Crippen LogP contribution in [0.2, 0.25) is 0 Å². The first-order valence-corrected chi connectivity index (χ1v) is 5.81. The molecule has 0 radical (unpaired) electrons. The second-order valence-electron chi connectivity index (χ2n) is 3.49. The van der Waals surface area contributed by atoms with Gasteiger partial charge in [-0.05, 0) is 24.3 Å². The maximum Gasteiger partial charge on any atom is 0.161 e. The molecule has 0 unspecified atom stereocenters. The molecule has 0 spiro atoms. The SMILES string of the molecule is Oc1ccccc1OCc1ccc(F)cc1Br. The van der Waals surface area contributed by atoms with Gasteiger partial charge >= 0.3 is 0 Å². The van der Waals surface area contributed by atoms with Crippen molar-refractivity contribution in [3.63, 3.8) is 0 Å². The van der Waals surface area contributed by atoms with Crippen LogP contribution in [0.15, 0.2) is 46.9 Å². The van der Waals surface area contributed by atoms with Crippen molar-refractivity contribution in [2.45, 2.75) is 6.61 Å². The van der Waals surface area contributed by atoms with Gasteiger partial charge in [0.1, 0.15) is 12.4 Å². The van der Waals surface area contributed by atoms with E-state index < -0.39 is 0 Å². The molecule has 1 N–H and O–H groups in total. The van der Waals surface area contributed by atoms with Gasteiger partial charge in [0.25, 0.3) is 0 Å². The second-order valence-corrected chi connectivity index (χ2v) is 4.35. The molecule has 17 heavy (non-hydrogen) atoms. The second kappa shape index (κ2) is 5.19. The lowest BCUT2D eigenvalue weighted by molar-refractivity contribution is 0.288. The molecule has 0 heterocycles. The van der Waals surface area contributed by atoms with Crippen molar-refractivity contribution in [1.82, 2.24) is 0 Å². The minimum atomic E-state index is -0.303. The summed E-state index contributed by atoms with van der Waals surface area (Å²) in [7, 11) is 0. The summed E-state index contributed by atoms with van der Waals surface area (Å²) in [5.74, 6) is 0.192. The van der Waals surface area contributed by atoms with Crippen molar-refractivity contribution in [3.8, 4) is 11.5 Å². The molecule has 2 aromatic carbocycles. The van der Waals surface area contributed by atoms with Gasteiger partial charge in [0.2, 0.25) is 0 Å². The van der Waals surface area contributed by atoms with E-state index in [0.717, 1.165) is 5.56 Å². The van der Waals surface area contributed by atoms with Gasteiger partial charge in [-0.3, -0.25) is 0 Å². The highest BCUT2D eigenvalue weighted by atomic mass is 79.9. The molecule has 0 aliphatic heterocycles. The van der Waals surface area contributed by atoms with Crippen molar-refractivity contribution in [2.75, 3.05) is 0 Å². The van der Waals surface area contributed by atoms with Crippen molar-refractivity contribution in [1.29, 1.82) is 0 Å². The fraction of sp³-hybridized carbons (Fsp3) is 0.0769. The van der Waals surface area contributed by atoms with Crippen LogP contribution in [0.4, 0.5) is 4.39 Å². The topological polar surface area (TPSA) is 29.5 Å². The average Bonchev–Trinajstić information content (AvgIpc) is 2.30. The highest BCUT2D eigenvalue weighted by Crippen LogP contribution is 2.26. The van der Waals surface area contributed by atoms with Crippen LogP contribution in [0.5, 0.6) is 11.5 Å². The average molecular weight is 297 g/mol. The molecule has 0 atom stereocenters. The van der Waals surface area contributed by atoms with E-state index >= 15 is 0 Å². The maximum absolute atomic E-state index is 12.9. The summed E-state index contributed by atoms with van der Waals surface area (Å²) in [5, 5.41) is 9.51. The summed E-state index contributed by atoms with van der Waals surface area (Å²) in [6, 6.07) is 11.1. The van der Waals surface area contributed by atoms with Crippen molar-refractivity contribution < 1.29 is 14.2 Å². The third-order valence-electron chi connectivity index (χ3n) is 2.26. The maximum atomic E-state index is 12.9. The molecule has 2 nitrogen and oxygen atoms in total. The summed E-state index contributed by atoms with van der Waals surface area (Å²) in [5.41, 5.74) is 0.814. The molecule has 0 aliphatic carbocycles. The monoisotopic (exact) mass is 296 g/mol. The number of aromatic hydroxyl groups is 1. The first kappa shape index (κ1) is 11.9. The molecule has 88 valence electrons. The Balaban J connectivity index is 2.10. The van der Waals surface area contributed by atoms with Gasteiger partial charge in [-0.15, -0.1) is 0 Å². The molecule has 4 heteroatoms. The number of rotatable bonds is 3. The molecule has 0 aliphatic rings. The number of benzene rings is 2. The van der Waals surface area contributed by atoms with E-state index in [9.17, 15) is 9.50 Å². The van der Waals surface area contributed by atoms with Gasteiger partial charge in [0, 0.05) is 10.0 Å². The number of phenolic OH excluding ortho intramolecular Hbond substituents is 1. The first-order valence-electron chi connectivity index (χ1n) is 5.01. The molecule has 0 fully saturated rings. The van der Waals surface area contributed by atoms with Crippen molar-refractivity contribution in [3.05, 3.63) is 58.3 Å². The van der Waals surface area contributed by atoms with E-state index in [0.29, 0.717) is 10.2 Å². The lowest BCUT2D eigenvalue weighted by Crippen LogP contribution is -1.97. The predicted octanol–water partition coefficient (Wildman–Crippen LogP) is 3.87. The fourth-order valence-electron chi connectivity index (χ4n) is 1.37. The normalized spacial score (nSPS) is 10.2. The van der Waals surface area contributed by atoms with E-state index in [2.05, 4.69) is 15.9 Å². The summed E-state index contributed by atoms with van der Waals surface area (Å²) in [6.07, 6.45) is 0. The van der Waals surface area contributed by atoms with E-state index in [-0.39, 0.29) is 18.2 Å². The van der Waals surface area contributed by atoms with E-state index in [1.54, 1.807) is 30.3 Å². The van der Waals surface area contributed by atoms with Gasteiger partial charge in [-0.2, -0.15) is 0 Å². The predicted molar refractivity (Wildman–Crippen MR) is 66.5 cm³/mol. The number of hydrogen-bond acceptors (Lipinski definition) is 2. The van der Waals surface area contributed by atoms with Crippen LogP contribution in [0.25, 0.3) is 0 Å². The zero-order chi connectivity index (χ0) is 12.3. The van der Waals surface area contributed by atoms with Gasteiger partial charge in [-0.1, -0.05) is 34.1 Å². The molecule has 0 aromatic heterocycles. The molecule has 0 amide bonds. The molecule has 2 rings (SSSR count). The van der Waals surface area contributed by atoms with Gasteiger partial charge in [0.05, 0.1) is 0 Å². The first-order chi connectivity index (χ1) is 8.16. The Kier molecular flexibility index (Phi) is 3.64. The van der Waals surface area contributed by atoms with Crippen LogP contribution in [-0.4, -0.2) is 5.11 Å². The number of phenols is 1. The van der Waals surface area contributed by atoms with Gasteiger partial charge in [0.15, 0.2) is 11.5 Å². The van der Waals surface area contributed by atoms with Gasteiger partial charge in [-0.25, -0.2) is 4.39 Å². The number of ether oxygens (including phenoxy) is 1. The third kappa shape index (κ3) is 2.97. The summed E-state index contributed by atoms with van der Waals surface area (Å²) in [6.45, 7) is 0.262. The van der Waals surface area contributed by atoms with Crippen LogP contribution in [0, 0.1) is 5.82 Å². The van der Waals surface area contributed by atoms with Crippen molar-refractivity contribution >= 4 is 15.9 Å². The fourth-order valence-corrected chi connectivity index (χ4v) is 1.84. The standard InChI is InChI=1S/C13H10BrFO2/c14-11-7-10(15)6-5-9(11)8-17-13-4-2-1-3-12(13)16/h1-7,16H,8H2. The number of hydrogen-bond donors (Lipinski definition) is 1. The van der Waals surface area contributed by atoms with E-state index in [1.165, 1.54) is 12.1 Å². The van der Waals surface area contributed by atoms with Gasteiger partial charge < -0.3 is 9.84 Å².